The Hall–Kier alpha value is -2.05. The highest BCUT2D eigenvalue weighted by atomic mass is 32.2. The first-order valence-electron chi connectivity index (χ1n) is 4.74. The molecular weight excluding hydrogens is 260 g/mol. The Balaban J connectivity index is 3.08. The summed E-state index contributed by atoms with van der Waals surface area (Å²) >= 11 is 0. The van der Waals surface area contributed by atoms with E-state index in [0.717, 1.165) is 18.3 Å². The average molecular weight is 270 g/mol. The Morgan fingerprint density at radius 1 is 1.50 bits per heavy atom. The van der Waals surface area contributed by atoms with Crippen molar-refractivity contribution in [3.63, 3.8) is 0 Å². The van der Waals surface area contributed by atoms with Crippen LogP contribution >= 0.6 is 0 Å². The smallest absolute Gasteiger partial charge is 0.358 e. The highest BCUT2D eigenvalue weighted by Crippen LogP contribution is 2.14. The van der Waals surface area contributed by atoms with Gasteiger partial charge in [-0.25, -0.2) is 8.42 Å². The molecule has 0 bridgehead atoms. The maximum Gasteiger partial charge on any atom is 0.363 e. The van der Waals surface area contributed by atoms with Crippen molar-refractivity contribution >= 4 is 15.8 Å². The summed E-state index contributed by atoms with van der Waals surface area (Å²) in [6.07, 6.45) is 0.869. The van der Waals surface area contributed by atoms with E-state index in [1.54, 1.807) is 6.07 Å². The first-order valence-corrected chi connectivity index (χ1v) is 6.22. The van der Waals surface area contributed by atoms with Gasteiger partial charge >= 0.3 is 5.82 Å². The van der Waals surface area contributed by atoms with Crippen molar-refractivity contribution in [1.82, 2.24) is 9.71 Å². The largest absolute Gasteiger partial charge is 0.363 e. The van der Waals surface area contributed by atoms with Gasteiger partial charge in [0.1, 0.15) is 10.4 Å². The van der Waals surface area contributed by atoms with Crippen LogP contribution in [0.3, 0.4) is 0 Å². The topological polar surface area (TPSA) is 126 Å². The van der Waals surface area contributed by atoms with Crippen LogP contribution < -0.4 is 4.72 Å². The van der Waals surface area contributed by atoms with Crippen LogP contribution in [0.25, 0.3) is 0 Å². The molecule has 0 aliphatic carbocycles. The zero-order valence-electron chi connectivity index (χ0n) is 9.61. The molecule has 0 amide bonds. The predicted octanol–water partition coefficient (Wildman–Crippen LogP) is 0.570. The van der Waals surface area contributed by atoms with Crippen LogP contribution in [0.1, 0.15) is 13.8 Å². The minimum atomic E-state index is -3.93. The number of aromatic nitrogens is 1. The number of hydrogen-bond donors (Lipinski definition) is 1. The number of nitriles is 1. The molecule has 1 aromatic rings. The fourth-order valence-electron chi connectivity index (χ4n) is 1.06. The SMILES string of the molecule is CC(C)(C#N)NS(=O)(=O)c1ccc([N+](=O)[O-])nc1. The van der Waals surface area contributed by atoms with Crippen molar-refractivity contribution in [3.8, 4) is 6.07 Å². The van der Waals surface area contributed by atoms with Crippen LogP contribution in [0.5, 0.6) is 0 Å². The van der Waals surface area contributed by atoms with Gasteiger partial charge in [-0.2, -0.15) is 9.98 Å². The van der Waals surface area contributed by atoms with Crippen LogP contribution in [0.15, 0.2) is 23.2 Å². The fraction of sp³-hybridized carbons (Fsp3) is 0.333. The van der Waals surface area contributed by atoms with E-state index in [9.17, 15) is 18.5 Å². The van der Waals surface area contributed by atoms with Crippen LogP contribution in [0.2, 0.25) is 0 Å². The van der Waals surface area contributed by atoms with Gasteiger partial charge in [-0.15, -0.1) is 0 Å². The third-order valence-corrected chi connectivity index (χ3v) is 3.53. The molecule has 8 nitrogen and oxygen atoms in total. The Labute approximate surface area is 103 Å². The number of hydrogen-bond acceptors (Lipinski definition) is 6. The Morgan fingerprint density at radius 2 is 2.11 bits per heavy atom. The number of rotatable bonds is 4. The minimum Gasteiger partial charge on any atom is -0.358 e. The van der Waals surface area contributed by atoms with Gasteiger partial charge < -0.3 is 10.1 Å². The molecule has 0 spiro atoms. The summed E-state index contributed by atoms with van der Waals surface area (Å²) in [5.74, 6) is -0.450. The zero-order valence-corrected chi connectivity index (χ0v) is 10.4. The van der Waals surface area contributed by atoms with Crippen molar-refractivity contribution < 1.29 is 13.3 Å². The molecule has 0 fully saturated rings. The van der Waals surface area contributed by atoms with E-state index in [0.29, 0.717) is 0 Å². The highest BCUT2D eigenvalue weighted by molar-refractivity contribution is 7.89. The van der Waals surface area contributed by atoms with E-state index < -0.39 is 26.3 Å². The monoisotopic (exact) mass is 270 g/mol. The van der Waals surface area contributed by atoms with E-state index in [2.05, 4.69) is 9.71 Å². The van der Waals surface area contributed by atoms with E-state index in [4.69, 9.17) is 5.26 Å². The number of nitrogens with zero attached hydrogens (tertiary/aromatic N) is 3. The second-order valence-corrected chi connectivity index (χ2v) is 5.63. The second-order valence-electron chi connectivity index (χ2n) is 3.95. The molecule has 1 rings (SSSR count). The molecule has 0 aromatic carbocycles. The lowest BCUT2D eigenvalue weighted by Gasteiger charge is -2.16. The molecule has 0 radical (unpaired) electrons. The van der Waals surface area contributed by atoms with Crippen molar-refractivity contribution in [3.05, 3.63) is 28.4 Å². The quantitative estimate of drug-likeness (QED) is 0.629. The van der Waals surface area contributed by atoms with Gasteiger partial charge in [-0.05, 0) is 29.8 Å². The molecule has 0 atom stereocenters. The van der Waals surface area contributed by atoms with Crippen LogP contribution in [0, 0.1) is 21.4 Å². The van der Waals surface area contributed by atoms with E-state index in [1.165, 1.54) is 13.8 Å². The van der Waals surface area contributed by atoms with Crippen molar-refractivity contribution in [2.75, 3.05) is 0 Å². The summed E-state index contributed by atoms with van der Waals surface area (Å²) < 4.78 is 25.8. The number of pyridine rings is 1. The Morgan fingerprint density at radius 3 is 2.50 bits per heavy atom. The zero-order chi connectivity index (χ0) is 14.0. The number of sulfonamides is 1. The molecule has 0 saturated heterocycles. The highest BCUT2D eigenvalue weighted by Gasteiger charge is 2.27. The van der Waals surface area contributed by atoms with Crippen LogP contribution in [-0.2, 0) is 10.0 Å². The summed E-state index contributed by atoms with van der Waals surface area (Å²) in [4.78, 5) is 12.8. The summed E-state index contributed by atoms with van der Waals surface area (Å²) in [6, 6.07) is 3.81. The molecule has 0 unspecified atom stereocenters. The molecule has 0 aliphatic heterocycles. The first kappa shape index (κ1) is 14.0. The van der Waals surface area contributed by atoms with Gasteiger partial charge in [0.05, 0.1) is 6.07 Å². The van der Waals surface area contributed by atoms with Gasteiger partial charge in [-0.3, -0.25) is 0 Å². The lowest BCUT2D eigenvalue weighted by molar-refractivity contribution is -0.389. The molecule has 1 aromatic heterocycles. The van der Waals surface area contributed by atoms with Crippen LogP contribution in [0.4, 0.5) is 5.82 Å². The second kappa shape index (κ2) is 4.67. The summed E-state index contributed by atoms with van der Waals surface area (Å²) in [6.45, 7) is 2.78. The van der Waals surface area contributed by atoms with Gasteiger partial charge in [0.25, 0.3) is 0 Å². The first-order chi connectivity index (χ1) is 8.18. The Bertz CT molecular complexity index is 600. The molecule has 0 aliphatic rings. The minimum absolute atomic E-state index is 0.239. The van der Waals surface area contributed by atoms with Gasteiger partial charge in [0, 0.05) is 6.07 Å². The third-order valence-electron chi connectivity index (χ3n) is 1.89. The molecular formula is C9H10N4O4S. The van der Waals surface area contributed by atoms with E-state index in [-0.39, 0.29) is 4.90 Å². The molecule has 18 heavy (non-hydrogen) atoms. The third kappa shape index (κ3) is 3.22. The standard InChI is InChI=1S/C9H10N4O4S/c1-9(2,6-10)12-18(16,17)7-3-4-8(11-5-7)13(14)15/h3-5,12H,1-2H3. The number of nitro groups is 1. The predicted molar refractivity (Wildman–Crippen MR) is 60.9 cm³/mol. The molecule has 96 valence electrons. The summed E-state index contributed by atoms with van der Waals surface area (Å²) in [5.41, 5.74) is -1.28. The van der Waals surface area contributed by atoms with Crippen molar-refractivity contribution in [1.29, 1.82) is 5.26 Å². The van der Waals surface area contributed by atoms with E-state index in [1.807, 2.05) is 0 Å². The molecule has 1 heterocycles. The van der Waals surface area contributed by atoms with Crippen molar-refractivity contribution in [2.45, 2.75) is 24.3 Å². The van der Waals surface area contributed by atoms with E-state index >= 15 is 0 Å². The maximum atomic E-state index is 11.8. The molecule has 1 N–H and O–H groups in total. The maximum absolute atomic E-state index is 11.8. The normalized spacial score (nSPS) is 11.8. The van der Waals surface area contributed by atoms with Gasteiger partial charge in [0.15, 0.2) is 6.20 Å². The summed E-state index contributed by atoms with van der Waals surface area (Å²) in [5, 5.41) is 19.1. The average Bonchev–Trinajstić information content (AvgIpc) is 2.28. The summed E-state index contributed by atoms with van der Waals surface area (Å²) in [7, 11) is -3.93. The van der Waals surface area contributed by atoms with Crippen LogP contribution in [-0.4, -0.2) is 23.9 Å². The number of nitrogens with one attached hydrogen (secondary N) is 1. The van der Waals surface area contributed by atoms with Gasteiger partial charge in [-0.1, -0.05) is 0 Å². The fourth-order valence-corrected chi connectivity index (χ4v) is 2.33. The molecule has 9 heteroatoms. The molecule has 0 saturated carbocycles. The Kier molecular flexibility index (Phi) is 3.64. The lowest BCUT2D eigenvalue weighted by atomic mass is 10.1. The lowest BCUT2D eigenvalue weighted by Crippen LogP contribution is -2.41. The van der Waals surface area contributed by atoms with Gasteiger partial charge in [0.2, 0.25) is 10.0 Å². The van der Waals surface area contributed by atoms with Crippen molar-refractivity contribution in [2.24, 2.45) is 0 Å².